The van der Waals surface area contributed by atoms with Crippen LogP contribution in [0.3, 0.4) is 0 Å². The van der Waals surface area contributed by atoms with Crippen molar-refractivity contribution in [2.45, 2.75) is 25.3 Å². The molecule has 6 heteroatoms. The Balaban J connectivity index is 2.27. The number of hydrogen-bond donors (Lipinski definition) is 2. The number of halogens is 1. The average molecular weight is 308 g/mol. The summed E-state index contributed by atoms with van der Waals surface area (Å²) in [5.41, 5.74) is 2.62. The van der Waals surface area contributed by atoms with Gasteiger partial charge in [-0.05, 0) is 37.6 Å². The first-order chi connectivity index (χ1) is 9.79. The fraction of sp³-hybridized carbons (Fsp3) is 0.200. The summed E-state index contributed by atoms with van der Waals surface area (Å²) in [7, 11) is -3.77. The maximum Gasteiger partial charge on any atom is 0.238 e. The molecule has 0 aliphatic rings. The molecule has 2 aromatic carbocycles. The number of hydrogen-bond acceptors (Lipinski definition) is 3. The van der Waals surface area contributed by atoms with E-state index < -0.39 is 10.0 Å². The van der Waals surface area contributed by atoms with Crippen molar-refractivity contribution in [2.75, 3.05) is 5.32 Å². The van der Waals surface area contributed by atoms with Gasteiger partial charge in [-0.1, -0.05) is 23.8 Å². The fourth-order valence-electron chi connectivity index (χ4n) is 2.14. The van der Waals surface area contributed by atoms with Gasteiger partial charge in [0, 0.05) is 17.8 Å². The van der Waals surface area contributed by atoms with E-state index in [2.05, 4.69) is 5.32 Å². The lowest BCUT2D eigenvalue weighted by molar-refractivity contribution is 0.597. The molecule has 0 fully saturated rings. The Kier molecular flexibility index (Phi) is 4.29. The summed E-state index contributed by atoms with van der Waals surface area (Å²) in [6, 6.07) is 9.65. The second-order valence-corrected chi connectivity index (χ2v) is 6.45. The minimum atomic E-state index is -3.77. The van der Waals surface area contributed by atoms with E-state index in [-0.39, 0.29) is 17.3 Å². The number of rotatable bonds is 4. The zero-order chi connectivity index (χ0) is 15.6. The topological polar surface area (TPSA) is 72.2 Å². The van der Waals surface area contributed by atoms with Crippen molar-refractivity contribution in [2.24, 2.45) is 5.14 Å². The predicted molar refractivity (Wildman–Crippen MR) is 81.0 cm³/mol. The third-order valence-electron chi connectivity index (χ3n) is 3.26. The van der Waals surface area contributed by atoms with E-state index in [9.17, 15) is 12.8 Å². The smallest absolute Gasteiger partial charge is 0.238 e. The molecule has 0 amide bonds. The van der Waals surface area contributed by atoms with Crippen LogP contribution in [-0.2, 0) is 16.6 Å². The van der Waals surface area contributed by atoms with E-state index in [1.54, 1.807) is 31.2 Å². The summed E-state index contributed by atoms with van der Waals surface area (Å²) in [4.78, 5) is 0.0669. The number of nitrogens with one attached hydrogen (secondary N) is 1. The quantitative estimate of drug-likeness (QED) is 0.912. The largest absolute Gasteiger partial charge is 0.381 e. The summed E-state index contributed by atoms with van der Waals surface area (Å²) in [6.07, 6.45) is 0. The van der Waals surface area contributed by atoms with Gasteiger partial charge in [0.25, 0.3) is 0 Å². The zero-order valence-corrected chi connectivity index (χ0v) is 12.7. The average Bonchev–Trinajstić information content (AvgIpc) is 2.40. The van der Waals surface area contributed by atoms with Crippen LogP contribution >= 0.6 is 0 Å². The molecule has 21 heavy (non-hydrogen) atoms. The van der Waals surface area contributed by atoms with Crippen LogP contribution in [0.5, 0.6) is 0 Å². The Morgan fingerprint density at radius 3 is 2.57 bits per heavy atom. The van der Waals surface area contributed by atoms with Crippen molar-refractivity contribution < 1.29 is 12.8 Å². The summed E-state index contributed by atoms with van der Waals surface area (Å²) in [5, 5.41) is 8.21. The van der Waals surface area contributed by atoms with E-state index >= 15 is 0 Å². The Labute approximate surface area is 123 Å². The van der Waals surface area contributed by atoms with Crippen molar-refractivity contribution in [3.63, 3.8) is 0 Å². The van der Waals surface area contributed by atoms with Crippen LogP contribution in [0, 0.1) is 19.7 Å². The van der Waals surface area contributed by atoms with Crippen molar-refractivity contribution in [1.29, 1.82) is 0 Å². The number of aryl methyl sites for hydroxylation is 1. The molecule has 112 valence electrons. The van der Waals surface area contributed by atoms with Crippen LogP contribution < -0.4 is 10.5 Å². The lowest BCUT2D eigenvalue weighted by Gasteiger charge is -2.13. The molecule has 0 bridgehead atoms. The van der Waals surface area contributed by atoms with Gasteiger partial charge < -0.3 is 5.32 Å². The maximum atomic E-state index is 13.7. The van der Waals surface area contributed by atoms with E-state index in [0.717, 1.165) is 5.56 Å². The maximum absolute atomic E-state index is 13.7. The number of anilines is 1. The van der Waals surface area contributed by atoms with E-state index in [1.165, 1.54) is 12.1 Å². The molecule has 0 spiro atoms. The minimum absolute atomic E-state index is 0.0669. The molecule has 0 aliphatic heterocycles. The van der Waals surface area contributed by atoms with Crippen LogP contribution in [-0.4, -0.2) is 8.42 Å². The van der Waals surface area contributed by atoms with Crippen LogP contribution in [0.4, 0.5) is 10.1 Å². The van der Waals surface area contributed by atoms with Gasteiger partial charge in [-0.25, -0.2) is 17.9 Å². The summed E-state index contributed by atoms with van der Waals surface area (Å²) < 4.78 is 36.6. The monoisotopic (exact) mass is 308 g/mol. The van der Waals surface area contributed by atoms with Crippen LogP contribution in [0.25, 0.3) is 0 Å². The van der Waals surface area contributed by atoms with Crippen LogP contribution in [0.1, 0.15) is 16.7 Å². The highest BCUT2D eigenvalue weighted by Crippen LogP contribution is 2.23. The standard InChI is InChI=1S/C15H17FN2O2S/c1-10-6-7-13(16)12(8-10)9-18-14-4-3-5-15(11(14)2)21(17,19)20/h3-8,18H,9H2,1-2H3,(H2,17,19,20). The summed E-state index contributed by atoms with van der Waals surface area (Å²) in [6.45, 7) is 3.81. The fourth-order valence-corrected chi connectivity index (χ4v) is 2.95. The van der Waals surface area contributed by atoms with Crippen molar-refractivity contribution in [3.8, 4) is 0 Å². The minimum Gasteiger partial charge on any atom is -0.381 e. The molecule has 0 radical (unpaired) electrons. The first kappa shape index (κ1) is 15.5. The SMILES string of the molecule is Cc1ccc(F)c(CNc2cccc(S(N)(=O)=O)c2C)c1. The van der Waals surface area contributed by atoms with Gasteiger partial charge in [0.1, 0.15) is 5.82 Å². The van der Waals surface area contributed by atoms with Crippen LogP contribution in [0.15, 0.2) is 41.3 Å². The normalized spacial score (nSPS) is 11.4. The Morgan fingerprint density at radius 1 is 1.19 bits per heavy atom. The van der Waals surface area contributed by atoms with Gasteiger partial charge in [-0.3, -0.25) is 0 Å². The Hall–Kier alpha value is -1.92. The third kappa shape index (κ3) is 3.59. The zero-order valence-electron chi connectivity index (χ0n) is 11.9. The molecule has 0 atom stereocenters. The number of benzene rings is 2. The van der Waals surface area contributed by atoms with Gasteiger partial charge in [0.05, 0.1) is 4.90 Å². The molecule has 4 nitrogen and oxygen atoms in total. The molecule has 0 unspecified atom stereocenters. The number of sulfonamides is 1. The lowest BCUT2D eigenvalue weighted by atomic mass is 10.1. The van der Waals surface area contributed by atoms with Crippen molar-refractivity contribution >= 4 is 15.7 Å². The second-order valence-electron chi connectivity index (χ2n) is 4.92. The Morgan fingerprint density at radius 2 is 1.90 bits per heavy atom. The molecule has 0 saturated heterocycles. The Bertz CT molecular complexity index is 773. The van der Waals surface area contributed by atoms with E-state index in [4.69, 9.17) is 5.14 Å². The highest BCUT2D eigenvalue weighted by atomic mass is 32.2. The molecule has 0 saturated carbocycles. The third-order valence-corrected chi connectivity index (χ3v) is 4.32. The molecular formula is C15H17FN2O2S. The number of primary sulfonamides is 1. The van der Waals surface area contributed by atoms with E-state index in [0.29, 0.717) is 16.8 Å². The molecule has 3 N–H and O–H groups in total. The lowest BCUT2D eigenvalue weighted by Crippen LogP contribution is -2.14. The molecular weight excluding hydrogens is 291 g/mol. The van der Waals surface area contributed by atoms with Crippen molar-refractivity contribution in [3.05, 3.63) is 58.9 Å². The van der Waals surface area contributed by atoms with Gasteiger partial charge in [0.15, 0.2) is 0 Å². The van der Waals surface area contributed by atoms with Crippen molar-refractivity contribution in [1.82, 2.24) is 0 Å². The molecule has 0 aliphatic carbocycles. The molecule has 0 heterocycles. The first-order valence-corrected chi connectivity index (χ1v) is 7.95. The van der Waals surface area contributed by atoms with Gasteiger partial charge in [0.2, 0.25) is 10.0 Å². The molecule has 0 aromatic heterocycles. The highest BCUT2D eigenvalue weighted by Gasteiger charge is 2.13. The molecule has 2 rings (SSSR count). The van der Waals surface area contributed by atoms with Crippen LogP contribution in [0.2, 0.25) is 0 Å². The first-order valence-electron chi connectivity index (χ1n) is 6.40. The van der Waals surface area contributed by atoms with Gasteiger partial charge >= 0.3 is 0 Å². The predicted octanol–water partition coefficient (Wildman–Crippen LogP) is 2.70. The van der Waals surface area contributed by atoms with Gasteiger partial charge in [-0.2, -0.15) is 0 Å². The van der Waals surface area contributed by atoms with E-state index in [1.807, 2.05) is 6.92 Å². The number of nitrogens with two attached hydrogens (primary N) is 1. The van der Waals surface area contributed by atoms with Gasteiger partial charge in [-0.15, -0.1) is 0 Å². The molecule has 2 aromatic rings. The summed E-state index contributed by atoms with van der Waals surface area (Å²) in [5.74, 6) is -0.298. The highest BCUT2D eigenvalue weighted by molar-refractivity contribution is 7.89. The second kappa shape index (κ2) is 5.83. The summed E-state index contributed by atoms with van der Waals surface area (Å²) >= 11 is 0.